The number of aromatic nitrogens is 3. The summed E-state index contributed by atoms with van der Waals surface area (Å²) >= 11 is 0. The maximum atomic E-state index is 10.6. The normalized spacial score (nSPS) is 10.9. The number of aromatic hydroxyl groups is 1. The average molecular weight is 297 g/mol. The van der Waals surface area contributed by atoms with E-state index in [1.165, 1.54) is 4.80 Å². The van der Waals surface area contributed by atoms with Gasteiger partial charge >= 0.3 is 5.97 Å². The summed E-state index contributed by atoms with van der Waals surface area (Å²) in [5.74, 6) is -0.721. The second kappa shape index (κ2) is 5.85. The van der Waals surface area contributed by atoms with Crippen LogP contribution in [0.5, 0.6) is 5.75 Å². The van der Waals surface area contributed by atoms with Crippen LogP contribution in [0.4, 0.5) is 0 Å². The molecule has 112 valence electrons. The number of carboxylic acid groups (broad SMARTS) is 1. The van der Waals surface area contributed by atoms with E-state index in [2.05, 4.69) is 10.2 Å². The zero-order chi connectivity index (χ0) is 15.5. The Labute approximate surface area is 126 Å². The van der Waals surface area contributed by atoms with Gasteiger partial charge in [-0.2, -0.15) is 0 Å². The highest BCUT2D eigenvalue weighted by Crippen LogP contribution is 2.23. The van der Waals surface area contributed by atoms with E-state index in [-0.39, 0.29) is 12.2 Å². The number of nitrogens with zero attached hydrogens (tertiary/aromatic N) is 3. The zero-order valence-electron chi connectivity index (χ0n) is 11.8. The molecule has 0 fully saturated rings. The number of carboxylic acids is 1. The smallest absolute Gasteiger partial charge is 0.303 e. The van der Waals surface area contributed by atoms with Crippen molar-refractivity contribution < 1.29 is 15.0 Å². The van der Waals surface area contributed by atoms with Crippen molar-refractivity contribution in [2.24, 2.45) is 0 Å². The summed E-state index contributed by atoms with van der Waals surface area (Å²) in [6.07, 6.45) is 1.30. The minimum atomic E-state index is -0.806. The number of aliphatic carboxylic acids is 1. The van der Waals surface area contributed by atoms with E-state index in [0.29, 0.717) is 18.5 Å². The Kier molecular flexibility index (Phi) is 3.74. The summed E-state index contributed by atoms with van der Waals surface area (Å²) in [6.45, 7) is 0. The first-order valence-electron chi connectivity index (χ1n) is 6.99. The molecule has 6 nitrogen and oxygen atoms in total. The van der Waals surface area contributed by atoms with Crippen LogP contribution in [0, 0.1) is 0 Å². The number of carbonyl (C=O) groups is 1. The molecule has 2 N–H and O–H groups in total. The maximum absolute atomic E-state index is 10.6. The fourth-order valence-electron chi connectivity index (χ4n) is 2.30. The van der Waals surface area contributed by atoms with Crippen molar-refractivity contribution >= 4 is 17.0 Å². The number of fused-ring (bicyclic) bond motifs is 1. The zero-order valence-corrected chi connectivity index (χ0v) is 11.8. The molecule has 0 aliphatic heterocycles. The molecule has 0 bridgehead atoms. The molecule has 3 rings (SSSR count). The lowest BCUT2D eigenvalue weighted by molar-refractivity contribution is -0.137. The van der Waals surface area contributed by atoms with E-state index < -0.39 is 5.97 Å². The Balaban J connectivity index is 1.90. The molecule has 2 aromatic carbocycles. The van der Waals surface area contributed by atoms with E-state index >= 15 is 0 Å². The Morgan fingerprint density at radius 3 is 2.41 bits per heavy atom. The standard InChI is InChI=1S/C16H15N3O3/c20-15-9-8-11(4-3-7-16(21)22)10-14(15)19-17-12-5-1-2-6-13(12)18-19/h1-2,5-6,8-10,20H,3-4,7H2,(H,21,22). The van der Waals surface area contributed by atoms with E-state index in [0.717, 1.165) is 16.6 Å². The van der Waals surface area contributed by atoms with Crippen molar-refractivity contribution in [3.8, 4) is 11.4 Å². The second-order valence-corrected chi connectivity index (χ2v) is 5.05. The van der Waals surface area contributed by atoms with Gasteiger partial charge in [-0.25, -0.2) is 0 Å². The molecule has 6 heteroatoms. The molecule has 0 unspecified atom stereocenters. The van der Waals surface area contributed by atoms with Crippen LogP contribution in [0.2, 0.25) is 0 Å². The topological polar surface area (TPSA) is 88.2 Å². The molecule has 0 saturated heterocycles. The van der Waals surface area contributed by atoms with Gasteiger partial charge in [0.15, 0.2) is 0 Å². The van der Waals surface area contributed by atoms with Gasteiger partial charge in [0, 0.05) is 6.42 Å². The number of hydrogen-bond acceptors (Lipinski definition) is 4. The summed E-state index contributed by atoms with van der Waals surface area (Å²) in [4.78, 5) is 12.0. The largest absolute Gasteiger partial charge is 0.506 e. The van der Waals surface area contributed by atoms with Crippen LogP contribution in [0.25, 0.3) is 16.7 Å². The quantitative estimate of drug-likeness (QED) is 0.755. The van der Waals surface area contributed by atoms with Gasteiger partial charge in [0.1, 0.15) is 22.5 Å². The highest BCUT2D eigenvalue weighted by Gasteiger charge is 2.10. The molecular weight excluding hydrogens is 282 g/mol. The van der Waals surface area contributed by atoms with Gasteiger partial charge in [-0.3, -0.25) is 4.79 Å². The molecule has 0 aliphatic carbocycles. The lowest BCUT2D eigenvalue weighted by Crippen LogP contribution is -2.01. The van der Waals surface area contributed by atoms with E-state index in [1.807, 2.05) is 24.3 Å². The summed E-state index contributed by atoms with van der Waals surface area (Å²) < 4.78 is 0. The summed E-state index contributed by atoms with van der Waals surface area (Å²) in [5, 5.41) is 27.4. The van der Waals surface area contributed by atoms with Crippen LogP contribution in [-0.4, -0.2) is 31.2 Å². The van der Waals surface area contributed by atoms with Crippen molar-refractivity contribution in [1.82, 2.24) is 15.0 Å². The van der Waals surface area contributed by atoms with E-state index in [9.17, 15) is 9.90 Å². The first kappa shape index (κ1) is 14.1. The van der Waals surface area contributed by atoms with Gasteiger partial charge < -0.3 is 10.2 Å². The number of rotatable bonds is 5. The van der Waals surface area contributed by atoms with E-state index in [1.54, 1.807) is 18.2 Å². The molecule has 0 aliphatic rings. The van der Waals surface area contributed by atoms with Crippen LogP contribution >= 0.6 is 0 Å². The average Bonchev–Trinajstić information content (AvgIpc) is 2.92. The molecule has 1 heterocycles. The van der Waals surface area contributed by atoms with Gasteiger partial charge in [-0.05, 0) is 42.7 Å². The van der Waals surface area contributed by atoms with Crippen molar-refractivity contribution in [1.29, 1.82) is 0 Å². The van der Waals surface area contributed by atoms with Gasteiger partial charge in [0.05, 0.1) is 0 Å². The number of phenolic OH excluding ortho intramolecular Hbond substituents is 1. The molecule has 0 radical (unpaired) electrons. The van der Waals surface area contributed by atoms with Crippen LogP contribution in [0.15, 0.2) is 42.5 Å². The SMILES string of the molecule is O=C(O)CCCc1ccc(O)c(-n2nc3ccccc3n2)c1. The summed E-state index contributed by atoms with van der Waals surface area (Å²) in [5.41, 5.74) is 2.93. The Bertz CT molecular complexity index is 793. The molecule has 0 amide bonds. The first-order valence-corrected chi connectivity index (χ1v) is 6.99. The molecule has 3 aromatic rings. The van der Waals surface area contributed by atoms with E-state index in [4.69, 9.17) is 5.11 Å². The Hall–Kier alpha value is -2.89. The van der Waals surface area contributed by atoms with Crippen LogP contribution in [0.1, 0.15) is 18.4 Å². The fourth-order valence-corrected chi connectivity index (χ4v) is 2.30. The van der Waals surface area contributed by atoms with Gasteiger partial charge in [-0.1, -0.05) is 18.2 Å². The van der Waals surface area contributed by atoms with Crippen LogP contribution in [0.3, 0.4) is 0 Å². The molecule has 1 aromatic heterocycles. The number of hydrogen-bond donors (Lipinski definition) is 2. The molecule has 0 spiro atoms. The van der Waals surface area contributed by atoms with Gasteiger partial charge in [0.2, 0.25) is 0 Å². The fraction of sp³-hybridized carbons (Fsp3) is 0.188. The molecule has 0 saturated carbocycles. The lowest BCUT2D eigenvalue weighted by Gasteiger charge is -2.06. The summed E-state index contributed by atoms with van der Waals surface area (Å²) in [6, 6.07) is 12.6. The Morgan fingerprint density at radius 1 is 1.09 bits per heavy atom. The third-order valence-electron chi connectivity index (χ3n) is 3.40. The number of phenols is 1. The minimum Gasteiger partial charge on any atom is -0.506 e. The van der Waals surface area contributed by atoms with Crippen molar-refractivity contribution in [3.63, 3.8) is 0 Å². The van der Waals surface area contributed by atoms with Crippen LogP contribution in [-0.2, 0) is 11.2 Å². The second-order valence-electron chi connectivity index (χ2n) is 5.05. The highest BCUT2D eigenvalue weighted by molar-refractivity contribution is 5.73. The predicted octanol–water partition coefficient (Wildman–Crippen LogP) is 2.53. The predicted molar refractivity (Wildman–Crippen MR) is 81.1 cm³/mol. The minimum absolute atomic E-state index is 0.0855. The third-order valence-corrected chi connectivity index (χ3v) is 3.40. The number of aryl methyl sites for hydroxylation is 1. The molecular formula is C16H15N3O3. The number of benzene rings is 2. The molecule has 0 atom stereocenters. The first-order chi connectivity index (χ1) is 10.6. The third kappa shape index (κ3) is 2.90. The lowest BCUT2D eigenvalue weighted by atomic mass is 10.1. The van der Waals surface area contributed by atoms with Crippen molar-refractivity contribution in [2.75, 3.05) is 0 Å². The van der Waals surface area contributed by atoms with Gasteiger partial charge in [-0.15, -0.1) is 15.0 Å². The van der Waals surface area contributed by atoms with Crippen molar-refractivity contribution in [2.45, 2.75) is 19.3 Å². The van der Waals surface area contributed by atoms with Crippen molar-refractivity contribution in [3.05, 3.63) is 48.0 Å². The van der Waals surface area contributed by atoms with Gasteiger partial charge in [0.25, 0.3) is 0 Å². The Morgan fingerprint density at radius 2 is 1.77 bits per heavy atom. The highest BCUT2D eigenvalue weighted by atomic mass is 16.4. The summed E-state index contributed by atoms with van der Waals surface area (Å²) in [7, 11) is 0. The molecule has 22 heavy (non-hydrogen) atoms. The van der Waals surface area contributed by atoms with Crippen LogP contribution < -0.4 is 0 Å². The monoisotopic (exact) mass is 297 g/mol. The maximum Gasteiger partial charge on any atom is 0.303 e.